The van der Waals surface area contributed by atoms with Gasteiger partial charge in [0.1, 0.15) is 5.78 Å². The Morgan fingerprint density at radius 1 is 1.37 bits per heavy atom. The highest BCUT2D eigenvalue weighted by Gasteiger charge is 2.53. The molecule has 1 saturated carbocycles. The number of nitriles is 1. The van der Waals surface area contributed by atoms with Gasteiger partial charge in [0.25, 0.3) is 0 Å². The van der Waals surface area contributed by atoms with Crippen LogP contribution in [0.25, 0.3) is 0 Å². The topological polar surface area (TPSA) is 61.2 Å². The smallest absolute Gasteiger partial charge is 0.232 e. The van der Waals surface area contributed by atoms with Crippen LogP contribution in [-0.2, 0) is 15.0 Å². The second-order valence-corrected chi connectivity index (χ2v) is 5.29. The minimum atomic E-state index is -0.825. The summed E-state index contributed by atoms with van der Waals surface area (Å²) in [5, 5.41) is 9.68. The first-order chi connectivity index (χ1) is 9.10. The van der Waals surface area contributed by atoms with E-state index in [2.05, 4.69) is 6.07 Å². The normalized spacial score (nSPS) is 29.5. The summed E-state index contributed by atoms with van der Waals surface area (Å²) in [6.45, 7) is 0. The van der Waals surface area contributed by atoms with E-state index in [9.17, 15) is 14.9 Å². The molecule has 0 radical (unpaired) electrons. The number of Topliss-reactive ketones (excluding diaryl/α,β-unsaturated/α-hetero) is 1. The molecule has 1 aliphatic carbocycles. The lowest BCUT2D eigenvalue weighted by molar-refractivity contribution is -0.132. The van der Waals surface area contributed by atoms with Gasteiger partial charge in [-0.25, -0.2) is 0 Å². The van der Waals surface area contributed by atoms with Gasteiger partial charge < -0.3 is 4.90 Å². The third-order valence-electron chi connectivity index (χ3n) is 4.40. The van der Waals surface area contributed by atoms with Crippen LogP contribution in [0.1, 0.15) is 24.8 Å². The predicted molar refractivity (Wildman–Crippen MR) is 69.5 cm³/mol. The maximum absolute atomic E-state index is 12.5. The van der Waals surface area contributed by atoms with E-state index in [1.165, 1.54) is 0 Å². The zero-order valence-corrected chi connectivity index (χ0v) is 10.7. The van der Waals surface area contributed by atoms with Crippen LogP contribution in [0.4, 0.5) is 5.69 Å². The van der Waals surface area contributed by atoms with Gasteiger partial charge in [-0.15, -0.1) is 0 Å². The predicted octanol–water partition coefficient (Wildman–Crippen LogP) is 1.79. The van der Waals surface area contributed by atoms with Gasteiger partial charge in [0.05, 0.1) is 17.4 Å². The summed E-state index contributed by atoms with van der Waals surface area (Å²) >= 11 is 0. The van der Waals surface area contributed by atoms with Crippen molar-refractivity contribution in [2.45, 2.75) is 24.7 Å². The molecule has 19 heavy (non-hydrogen) atoms. The van der Waals surface area contributed by atoms with Gasteiger partial charge in [-0.1, -0.05) is 18.2 Å². The number of fused-ring (bicyclic) bond motifs is 3. The van der Waals surface area contributed by atoms with E-state index in [0.717, 1.165) is 11.3 Å². The van der Waals surface area contributed by atoms with E-state index in [-0.39, 0.29) is 18.1 Å². The Labute approximate surface area is 111 Å². The van der Waals surface area contributed by atoms with Crippen molar-refractivity contribution in [2.24, 2.45) is 5.92 Å². The lowest BCUT2D eigenvalue weighted by atomic mass is 9.60. The Kier molecular flexibility index (Phi) is 2.46. The molecule has 1 fully saturated rings. The first kappa shape index (κ1) is 11.9. The van der Waals surface area contributed by atoms with Gasteiger partial charge in [0.15, 0.2) is 0 Å². The van der Waals surface area contributed by atoms with Crippen LogP contribution in [0.15, 0.2) is 24.3 Å². The van der Waals surface area contributed by atoms with Gasteiger partial charge in [-0.05, 0) is 18.1 Å². The molecule has 1 amide bonds. The Balaban J connectivity index is 2.25. The molecular weight excluding hydrogens is 240 g/mol. The average molecular weight is 254 g/mol. The number of carbonyl (C=O) groups is 2. The highest BCUT2D eigenvalue weighted by atomic mass is 16.2. The highest BCUT2D eigenvalue weighted by molar-refractivity contribution is 6.03. The molecule has 0 unspecified atom stereocenters. The first-order valence-electron chi connectivity index (χ1n) is 6.40. The summed E-state index contributed by atoms with van der Waals surface area (Å²) in [5.74, 6) is -0.566. The molecular formula is C15H14N2O2. The van der Waals surface area contributed by atoms with Crippen molar-refractivity contribution in [1.29, 1.82) is 5.26 Å². The van der Waals surface area contributed by atoms with Crippen LogP contribution in [0.3, 0.4) is 0 Å². The van der Waals surface area contributed by atoms with Crippen molar-refractivity contribution in [3.8, 4) is 6.07 Å². The van der Waals surface area contributed by atoms with Crippen LogP contribution in [0, 0.1) is 17.2 Å². The lowest BCUT2D eigenvalue weighted by Gasteiger charge is -2.45. The van der Waals surface area contributed by atoms with Crippen molar-refractivity contribution in [2.75, 3.05) is 11.9 Å². The Morgan fingerprint density at radius 2 is 2.11 bits per heavy atom. The van der Waals surface area contributed by atoms with Crippen LogP contribution < -0.4 is 4.90 Å². The van der Waals surface area contributed by atoms with E-state index in [0.29, 0.717) is 12.8 Å². The zero-order chi connectivity index (χ0) is 13.6. The fourth-order valence-corrected chi connectivity index (χ4v) is 3.33. The molecule has 0 bridgehead atoms. The van der Waals surface area contributed by atoms with Gasteiger partial charge in [0, 0.05) is 25.6 Å². The highest BCUT2D eigenvalue weighted by Crippen LogP contribution is 2.49. The quantitative estimate of drug-likeness (QED) is 0.709. The van der Waals surface area contributed by atoms with Crippen molar-refractivity contribution in [1.82, 2.24) is 0 Å². The summed E-state index contributed by atoms with van der Waals surface area (Å²) in [7, 11) is 1.71. The minimum absolute atomic E-state index is 0.0806. The number of para-hydroxylation sites is 1. The molecule has 3 rings (SSSR count). The number of amides is 1. The van der Waals surface area contributed by atoms with Crippen LogP contribution >= 0.6 is 0 Å². The van der Waals surface area contributed by atoms with E-state index < -0.39 is 11.3 Å². The van der Waals surface area contributed by atoms with Crippen LogP contribution in [0.5, 0.6) is 0 Å². The fourth-order valence-electron chi connectivity index (χ4n) is 3.33. The van der Waals surface area contributed by atoms with E-state index >= 15 is 0 Å². The van der Waals surface area contributed by atoms with Crippen molar-refractivity contribution in [3.05, 3.63) is 29.8 Å². The molecule has 1 aromatic rings. The number of carbonyl (C=O) groups excluding carboxylic acids is 2. The molecule has 96 valence electrons. The molecule has 2 atom stereocenters. The molecule has 0 aromatic heterocycles. The molecule has 4 nitrogen and oxygen atoms in total. The largest absolute Gasteiger partial charge is 0.315 e. The summed E-state index contributed by atoms with van der Waals surface area (Å²) in [6, 6.07) is 9.86. The Hall–Kier alpha value is -2.15. The number of anilines is 1. The molecule has 2 aliphatic rings. The van der Waals surface area contributed by atoms with Crippen molar-refractivity contribution in [3.63, 3.8) is 0 Å². The lowest BCUT2D eigenvalue weighted by Crippen LogP contribution is -2.53. The maximum atomic E-state index is 12.5. The van der Waals surface area contributed by atoms with Crippen molar-refractivity contribution < 1.29 is 9.59 Å². The summed E-state index contributed by atoms with van der Waals surface area (Å²) in [5.41, 5.74) is 0.852. The number of benzene rings is 1. The summed E-state index contributed by atoms with van der Waals surface area (Å²) < 4.78 is 0. The number of hydrogen-bond donors (Lipinski definition) is 0. The molecule has 0 N–H and O–H groups in total. The van der Waals surface area contributed by atoms with Crippen LogP contribution in [0.2, 0.25) is 0 Å². The number of nitrogens with zero attached hydrogens (tertiary/aromatic N) is 2. The summed E-state index contributed by atoms with van der Waals surface area (Å²) in [6.07, 6.45) is 1.02. The minimum Gasteiger partial charge on any atom is -0.315 e. The molecule has 1 heterocycles. The second-order valence-electron chi connectivity index (χ2n) is 5.29. The molecule has 4 heteroatoms. The number of ketones is 1. The Morgan fingerprint density at radius 3 is 2.84 bits per heavy atom. The van der Waals surface area contributed by atoms with E-state index in [1.807, 2.05) is 24.3 Å². The molecule has 0 saturated heterocycles. The Bertz CT molecular complexity index is 617. The summed E-state index contributed by atoms with van der Waals surface area (Å²) in [4.78, 5) is 25.7. The third kappa shape index (κ3) is 1.45. The average Bonchev–Trinajstić information content (AvgIpc) is 2.45. The monoisotopic (exact) mass is 254 g/mol. The maximum Gasteiger partial charge on any atom is 0.232 e. The SMILES string of the molecule is CN1C(=O)[C@H]2CC(=O)CC[C@@]2(C#N)c2ccccc21. The van der Waals surface area contributed by atoms with Crippen molar-refractivity contribution >= 4 is 17.4 Å². The van der Waals surface area contributed by atoms with Gasteiger partial charge in [-0.3, -0.25) is 9.59 Å². The van der Waals surface area contributed by atoms with Gasteiger partial charge in [-0.2, -0.15) is 5.26 Å². The molecule has 1 aromatic carbocycles. The zero-order valence-electron chi connectivity index (χ0n) is 10.7. The molecule has 1 aliphatic heterocycles. The standard InChI is InChI=1S/C15H14N2O2/c1-17-13-5-3-2-4-11(13)15(9-16)7-6-10(18)8-12(15)14(17)19/h2-5,12H,6-8H2,1H3/t12-,15-/m1/s1. The fraction of sp³-hybridized carbons (Fsp3) is 0.400. The van der Waals surface area contributed by atoms with Gasteiger partial charge >= 0.3 is 0 Å². The van der Waals surface area contributed by atoms with Crippen LogP contribution in [-0.4, -0.2) is 18.7 Å². The number of rotatable bonds is 0. The first-order valence-corrected chi connectivity index (χ1v) is 6.40. The van der Waals surface area contributed by atoms with E-state index in [1.54, 1.807) is 11.9 Å². The van der Waals surface area contributed by atoms with Gasteiger partial charge in [0.2, 0.25) is 5.91 Å². The second kappa shape index (κ2) is 3.92. The number of hydrogen-bond acceptors (Lipinski definition) is 3. The van der Waals surface area contributed by atoms with E-state index in [4.69, 9.17) is 0 Å². The third-order valence-corrected chi connectivity index (χ3v) is 4.40. The molecule has 0 spiro atoms.